The van der Waals surface area contributed by atoms with Crippen molar-refractivity contribution in [1.29, 1.82) is 0 Å². The molecule has 2 heterocycles. The summed E-state index contributed by atoms with van der Waals surface area (Å²) in [5, 5.41) is 13.2. The number of hydrogen-bond donors (Lipinski definition) is 1. The summed E-state index contributed by atoms with van der Waals surface area (Å²) in [6.07, 6.45) is 6.73. The maximum atomic E-state index is 12.9. The number of carbonyl (C=O) groups excluding carboxylic acids is 2. The average molecular weight is 561 g/mol. The quantitative estimate of drug-likeness (QED) is 0.144. The molecular weight excluding hydrogens is 532 g/mol. The van der Waals surface area contributed by atoms with Gasteiger partial charge in [0, 0.05) is 16.4 Å². The molecule has 0 aliphatic heterocycles. The molecule has 196 valence electrons. The van der Waals surface area contributed by atoms with Gasteiger partial charge in [0.25, 0.3) is 0 Å². The molecule has 37 heavy (non-hydrogen) atoms. The van der Waals surface area contributed by atoms with Crippen LogP contribution in [0.1, 0.15) is 51.4 Å². The van der Waals surface area contributed by atoms with E-state index in [1.165, 1.54) is 30.2 Å². The number of benzene rings is 1. The minimum atomic E-state index is -0.409. The van der Waals surface area contributed by atoms with Crippen molar-refractivity contribution in [1.82, 2.24) is 14.8 Å². The van der Waals surface area contributed by atoms with Gasteiger partial charge in [-0.25, -0.2) is 4.79 Å². The summed E-state index contributed by atoms with van der Waals surface area (Å²) in [6, 6.07) is 5.43. The second-order valence-electron chi connectivity index (χ2n) is 8.59. The number of aromatic nitrogens is 3. The van der Waals surface area contributed by atoms with E-state index in [1.807, 2.05) is 23.6 Å². The zero-order valence-corrected chi connectivity index (χ0v) is 23.2. The van der Waals surface area contributed by atoms with Gasteiger partial charge in [0.2, 0.25) is 5.91 Å². The summed E-state index contributed by atoms with van der Waals surface area (Å²) >= 11 is 8.77. The number of aryl methyl sites for hydroxylation is 2. The van der Waals surface area contributed by atoms with Crippen molar-refractivity contribution in [3.63, 3.8) is 0 Å². The number of nitrogens with zero attached hydrogens (tertiary/aromatic N) is 3. The van der Waals surface area contributed by atoms with Crippen molar-refractivity contribution in [3.05, 3.63) is 63.3 Å². The van der Waals surface area contributed by atoms with Gasteiger partial charge in [-0.1, -0.05) is 35.9 Å². The lowest BCUT2D eigenvalue weighted by Crippen LogP contribution is -2.17. The molecule has 0 bridgehead atoms. The molecule has 1 amide bonds. The third-order valence-electron chi connectivity index (χ3n) is 6.00. The smallest absolute Gasteiger partial charge is 0.341 e. The van der Waals surface area contributed by atoms with Crippen molar-refractivity contribution in [2.45, 2.75) is 57.3 Å². The monoisotopic (exact) mass is 560 g/mol. The molecule has 2 aromatic heterocycles. The number of ether oxygens (including phenoxy) is 2. The molecular formula is C26H29ClN4O4S2. The summed E-state index contributed by atoms with van der Waals surface area (Å²) in [5.74, 6) is 0.798. The minimum absolute atomic E-state index is 0.107. The zero-order valence-electron chi connectivity index (χ0n) is 20.8. The molecule has 1 N–H and O–H groups in total. The van der Waals surface area contributed by atoms with Crippen molar-refractivity contribution < 1.29 is 19.1 Å². The maximum Gasteiger partial charge on any atom is 0.341 e. The summed E-state index contributed by atoms with van der Waals surface area (Å²) in [5.41, 5.74) is 2.43. The number of anilines is 1. The van der Waals surface area contributed by atoms with Crippen molar-refractivity contribution >= 4 is 51.6 Å². The molecule has 0 atom stereocenters. The highest BCUT2D eigenvalue weighted by molar-refractivity contribution is 7.99. The predicted molar refractivity (Wildman–Crippen MR) is 147 cm³/mol. The van der Waals surface area contributed by atoms with Crippen LogP contribution in [0, 0.1) is 6.92 Å². The molecule has 11 heteroatoms. The standard InChI is InChI=1S/C26H29ClN4O4S2/c1-4-12-31-21(14-35-19-11-10-17(27)13-16(19)2)29-30-26(31)36-15-22(32)28-24-23(25(33)34-3)18-8-6-5-7-9-20(18)37-24/h4,10-11,13H,1,5-9,12,14-15H2,2-3H3,(H,28,32). The Morgan fingerprint density at radius 2 is 2.08 bits per heavy atom. The molecule has 0 unspecified atom stereocenters. The number of thioether (sulfide) groups is 1. The average Bonchev–Trinajstić information content (AvgIpc) is 3.33. The molecule has 1 aliphatic carbocycles. The fraction of sp³-hybridized carbons (Fsp3) is 0.385. The Labute approximate surface area is 229 Å². The third-order valence-corrected chi connectivity index (χ3v) is 8.40. The van der Waals surface area contributed by atoms with Crippen LogP contribution >= 0.6 is 34.7 Å². The van der Waals surface area contributed by atoms with Gasteiger partial charge in [-0.2, -0.15) is 0 Å². The Morgan fingerprint density at radius 1 is 1.27 bits per heavy atom. The molecule has 0 radical (unpaired) electrons. The van der Waals surface area contributed by atoms with E-state index in [0.29, 0.717) is 38.9 Å². The van der Waals surface area contributed by atoms with Crippen molar-refractivity contribution in [2.24, 2.45) is 0 Å². The van der Waals surface area contributed by atoms with Crippen LogP contribution in [0.5, 0.6) is 5.75 Å². The number of carbonyl (C=O) groups is 2. The third kappa shape index (κ3) is 6.55. The highest BCUT2D eigenvalue weighted by atomic mass is 35.5. The first kappa shape index (κ1) is 27.2. The van der Waals surface area contributed by atoms with Gasteiger partial charge >= 0.3 is 5.97 Å². The Kier molecular flexibility index (Phi) is 9.28. The molecule has 1 aliphatic rings. The fourth-order valence-corrected chi connectivity index (χ4v) is 6.49. The summed E-state index contributed by atoms with van der Waals surface area (Å²) in [4.78, 5) is 26.6. The number of hydrogen-bond acceptors (Lipinski definition) is 8. The van der Waals surface area contributed by atoms with E-state index >= 15 is 0 Å². The summed E-state index contributed by atoms with van der Waals surface area (Å²) in [7, 11) is 1.37. The highest BCUT2D eigenvalue weighted by Crippen LogP contribution is 2.38. The lowest BCUT2D eigenvalue weighted by atomic mass is 10.1. The molecule has 1 aromatic carbocycles. The van der Waals surface area contributed by atoms with Crippen LogP contribution in [0.15, 0.2) is 36.0 Å². The molecule has 0 fully saturated rings. The fourth-order valence-electron chi connectivity index (χ4n) is 4.20. The van der Waals surface area contributed by atoms with Gasteiger partial charge in [0.1, 0.15) is 17.4 Å². The van der Waals surface area contributed by atoms with Crippen molar-refractivity contribution in [2.75, 3.05) is 18.2 Å². The predicted octanol–water partition coefficient (Wildman–Crippen LogP) is 5.85. The Morgan fingerprint density at radius 3 is 2.84 bits per heavy atom. The second-order valence-corrected chi connectivity index (χ2v) is 11.1. The van der Waals surface area contributed by atoms with Crippen molar-refractivity contribution in [3.8, 4) is 5.75 Å². The number of rotatable bonds is 10. The summed E-state index contributed by atoms with van der Waals surface area (Å²) in [6.45, 7) is 6.42. The molecule has 0 spiro atoms. The van der Waals surface area contributed by atoms with Crippen LogP contribution in [0.3, 0.4) is 0 Å². The van der Waals surface area contributed by atoms with E-state index < -0.39 is 5.97 Å². The highest BCUT2D eigenvalue weighted by Gasteiger charge is 2.26. The van der Waals surface area contributed by atoms with E-state index in [2.05, 4.69) is 22.1 Å². The Balaban J connectivity index is 1.43. The Hall–Kier alpha value is -2.82. The van der Waals surface area contributed by atoms with E-state index in [1.54, 1.807) is 12.1 Å². The van der Waals surface area contributed by atoms with Crippen LogP contribution in [0.4, 0.5) is 5.00 Å². The van der Waals surface area contributed by atoms with E-state index in [4.69, 9.17) is 21.1 Å². The molecule has 0 saturated carbocycles. The maximum absolute atomic E-state index is 12.9. The zero-order chi connectivity index (χ0) is 26.4. The van der Waals surface area contributed by atoms with Crippen LogP contribution in [0.2, 0.25) is 5.02 Å². The minimum Gasteiger partial charge on any atom is -0.485 e. The largest absolute Gasteiger partial charge is 0.485 e. The second kappa shape index (κ2) is 12.6. The number of allylic oxidation sites excluding steroid dienone is 1. The van der Waals surface area contributed by atoms with Crippen LogP contribution in [-0.4, -0.2) is 39.5 Å². The Bertz CT molecular complexity index is 1300. The number of amides is 1. The molecule has 4 rings (SSSR count). The van der Waals surface area contributed by atoms with Gasteiger partial charge in [-0.05, 0) is 61.9 Å². The van der Waals surface area contributed by atoms with Crippen LogP contribution in [-0.2, 0) is 35.5 Å². The molecule has 0 saturated heterocycles. The first-order valence-corrected chi connectivity index (χ1v) is 14.2. The van der Waals surface area contributed by atoms with Gasteiger partial charge < -0.3 is 14.8 Å². The number of fused-ring (bicyclic) bond motifs is 1. The molecule has 8 nitrogen and oxygen atoms in total. The van der Waals surface area contributed by atoms with Crippen LogP contribution in [0.25, 0.3) is 0 Å². The molecule has 3 aromatic rings. The van der Waals surface area contributed by atoms with E-state index in [-0.39, 0.29) is 18.3 Å². The first-order chi connectivity index (χ1) is 17.9. The topological polar surface area (TPSA) is 95.3 Å². The van der Waals surface area contributed by atoms with Gasteiger partial charge in [0.05, 0.1) is 18.4 Å². The number of nitrogens with one attached hydrogen (secondary N) is 1. The number of esters is 1. The van der Waals surface area contributed by atoms with Gasteiger partial charge in [-0.3, -0.25) is 9.36 Å². The summed E-state index contributed by atoms with van der Waals surface area (Å²) < 4.78 is 12.8. The van der Waals surface area contributed by atoms with E-state index in [9.17, 15) is 9.59 Å². The SMILES string of the molecule is C=CCn1c(COc2ccc(Cl)cc2C)nnc1SCC(=O)Nc1sc2c(c1C(=O)OC)CCCCC2. The van der Waals surface area contributed by atoms with Gasteiger partial charge in [-0.15, -0.1) is 28.1 Å². The normalized spacial score (nSPS) is 12.9. The van der Waals surface area contributed by atoms with Crippen LogP contribution < -0.4 is 10.1 Å². The lowest BCUT2D eigenvalue weighted by Gasteiger charge is -2.11. The van der Waals surface area contributed by atoms with E-state index in [0.717, 1.165) is 48.1 Å². The lowest BCUT2D eigenvalue weighted by molar-refractivity contribution is -0.113. The number of thiophene rings is 1. The first-order valence-electron chi connectivity index (χ1n) is 12.0. The number of halogens is 1. The number of methoxy groups -OCH3 is 1. The van der Waals surface area contributed by atoms with Gasteiger partial charge in [0.15, 0.2) is 11.0 Å².